The van der Waals surface area contributed by atoms with E-state index in [0.717, 1.165) is 24.8 Å². The highest BCUT2D eigenvalue weighted by molar-refractivity contribution is 7.85. The lowest BCUT2D eigenvalue weighted by atomic mass is 10.00. The Bertz CT molecular complexity index is 455. The Labute approximate surface area is 103 Å². The van der Waals surface area contributed by atoms with Gasteiger partial charge in [0.15, 0.2) is 0 Å². The average Bonchev–Trinajstić information content (AvgIpc) is 2.19. The highest BCUT2D eigenvalue weighted by atomic mass is 32.2. The first-order valence-electron chi connectivity index (χ1n) is 5.57. The maximum atomic E-state index is 11.1. The maximum Gasteiger partial charge on any atom is 0.124 e. The van der Waals surface area contributed by atoms with E-state index in [2.05, 4.69) is 0 Å². The van der Waals surface area contributed by atoms with E-state index in [1.165, 1.54) is 6.07 Å². The predicted octanol–water partition coefficient (Wildman–Crippen LogP) is 2.87. The summed E-state index contributed by atoms with van der Waals surface area (Å²) in [7, 11) is -4.35. The Hall–Kier alpha value is -0.910. The van der Waals surface area contributed by atoms with Gasteiger partial charge in [0.1, 0.15) is 10.1 Å². The van der Waals surface area contributed by atoms with Gasteiger partial charge >= 0.3 is 0 Å². The molecule has 1 aromatic carbocycles. The summed E-state index contributed by atoms with van der Waals surface area (Å²) < 4.78 is 33.4. The number of rotatable bonds is 5. The van der Waals surface area contributed by atoms with Crippen molar-refractivity contribution in [3.63, 3.8) is 0 Å². The lowest BCUT2D eigenvalue weighted by Crippen LogP contribution is -2.06. The van der Waals surface area contributed by atoms with Crippen LogP contribution < -0.4 is 6.15 Å². The number of quaternary nitrogens is 1. The van der Waals surface area contributed by atoms with Crippen LogP contribution in [0.5, 0.6) is 0 Å². The molecule has 0 aliphatic carbocycles. The topological polar surface area (TPSA) is 93.7 Å². The zero-order chi connectivity index (χ0) is 12.2. The fourth-order valence-corrected chi connectivity index (χ4v) is 2.66. The molecule has 0 spiro atoms. The van der Waals surface area contributed by atoms with Gasteiger partial charge < -0.3 is 10.7 Å². The zero-order valence-corrected chi connectivity index (χ0v) is 11.5. The molecule has 0 fully saturated rings. The van der Waals surface area contributed by atoms with Crippen molar-refractivity contribution in [2.45, 2.75) is 44.4 Å². The molecule has 0 aliphatic rings. The lowest BCUT2D eigenvalue weighted by molar-refractivity contribution is 0.461. The number of hydrogen-bond donors (Lipinski definition) is 1. The van der Waals surface area contributed by atoms with E-state index in [9.17, 15) is 13.0 Å². The first-order chi connectivity index (χ1) is 7.50. The first kappa shape index (κ1) is 16.1. The van der Waals surface area contributed by atoms with E-state index < -0.39 is 10.1 Å². The van der Waals surface area contributed by atoms with Crippen LogP contribution >= 0.6 is 0 Å². The van der Waals surface area contributed by atoms with Crippen LogP contribution in [0.25, 0.3) is 0 Å². The molecule has 0 aromatic heterocycles. The highest BCUT2D eigenvalue weighted by Gasteiger charge is 2.11. The Morgan fingerprint density at radius 3 is 2.18 bits per heavy atom. The number of benzene rings is 1. The van der Waals surface area contributed by atoms with Gasteiger partial charge in [0.2, 0.25) is 0 Å². The number of aryl methyl sites for hydroxylation is 1. The number of hydrogen-bond acceptors (Lipinski definition) is 3. The van der Waals surface area contributed by atoms with E-state index in [1.807, 2.05) is 19.9 Å². The Balaban J connectivity index is 0.00000256. The molecule has 17 heavy (non-hydrogen) atoms. The molecule has 0 saturated carbocycles. The molecule has 5 heteroatoms. The summed E-state index contributed by atoms with van der Waals surface area (Å²) in [4.78, 5) is -0.0414. The van der Waals surface area contributed by atoms with Gasteiger partial charge in [-0.1, -0.05) is 38.8 Å². The highest BCUT2D eigenvalue weighted by Crippen LogP contribution is 2.22. The van der Waals surface area contributed by atoms with E-state index in [-0.39, 0.29) is 11.0 Å². The zero-order valence-electron chi connectivity index (χ0n) is 10.7. The van der Waals surface area contributed by atoms with Gasteiger partial charge in [-0.25, -0.2) is 8.42 Å². The predicted molar refractivity (Wildman–Crippen MR) is 68.4 cm³/mol. The lowest BCUT2D eigenvalue weighted by Gasteiger charge is -2.16. The molecule has 4 N–H and O–H groups in total. The monoisotopic (exact) mass is 259 g/mol. The van der Waals surface area contributed by atoms with Gasteiger partial charge in [0.25, 0.3) is 0 Å². The van der Waals surface area contributed by atoms with E-state index in [4.69, 9.17) is 0 Å². The molecule has 0 saturated heterocycles. The minimum Gasteiger partial charge on any atom is -0.744 e. The Morgan fingerprint density at radius 2 is 1.71 bits per heavy atom. The summed E-state index contributed by atoms with van der Waals surface area (Å²) in [6.07, 6.45) is 3.24. The molecule has 4 nitrogen and oxygen atoms in total. The van der Waals surface area contributed by atoms with Crippen molar-refractivity contribution >= 4 is 10.1 Å². The molecule has 0 bridgehead atoms. The molecule has 0 atom stereocenters. The van der Waals surface area contributed by atoms with Crippen molar-refractivity contribution in [1.29, 1.82) is 0 Å². The van der Waals surface area contributed by atoms with Gasteiger partial charge in [-0.05, 0) is 30.0 Å². The summed E-state index contributed by atoms with van der Waals surface area (Å²) in [5, 5.41) is 0. The molecule has 0 aliphatic heterocycles. The van der Waals surface area contributed by atoms with Crippen LogP contribution in [0.15, 0.2) is 23.1 Å². The fourth-order valence-electron chi connectivity index (χ4n) is 1.88. The largest absolute Gasteiger partial charge is 0.744 e. The third-order valence-corrected chi connectivity index (χ3v) is 3.44. The van der Waals surface area contributed by atoms with Crippen molar-refractivity contribution in [2.75, 3.05) is 0 Å². The van der Waals surface area contributed by atoms with Gasteiger partial charge in [0, 0.05) is 0 Å². The molecule has 1 aromatic rings. The summed E-state index contributed by atoms with van der Waals surface area (Å²) >= 11 is 0. The summed E-state index contributed by atoms with van der Waals surface area (Å²) in [5.41, 5.74) is 1.70. The van der Waals surface area contributed by atoms with Crippen LogP contribution in [0.3, 0.4) is 0 Å². The van der Waals surface area contributed by atoms with Gasteiger partial charge in [-0.2, -0.15) is 0 Å². The van der Waals surface area contributed by atoms with Crippen molar-refractivity contribution in [3.05, 3.63) is 29.3 Å². The average molecular weight is 259 g/mol. The second-order valence-corrected chi connectivity index (χ2v) is 5.20. The quantitative estimate of drug-likeness (QED) is 0.824. The third-order valence-electron chi connectivity index (χ3n) is 2.52. The molecule has 0 unspecified atom stereocenters. The van der Waals surface area contributed by atoms with Crippen LogP contribution in [0.4, 0.5) is 0 Å². The van der Waals surface area contributed by atoms with E-state index in [0.29, 0.717) is 12.0 Å². The van der Waals surface area contributed by atoms with E-state index in [1.54, 1.807) is 6.07 Å². The molecular formula is C12H21NO3S. The Kier molecular flexibility index (Phi) is 6.37. The van der Waals surface area contributed by atoms with Crippen LogP contribution in [-0.2, 0) is 23.0 Å². The third kappa shape index (κ3) is 4.11. The van der Waals surface area contributed by atoms with Gasteiger partial charge in [-0.15, -0.1) is 0 Å². The van der Waals surface area contributed by atoms with Crippen molar-refractivity contribution in [3.8, 4) is 0 Å². The minimum atomic E-state index is -4.35. The van der Waals surface area contributed by atoms with Crippen molar-refractivity contribution in [2.24, 2.45) is 0 Å². The smallest absolute Gasteiger partial charge is 0.124 e. The minimum absolute atomic E-state index is 0. The summed E-state index contributed by atoms with van der Waals surface area (Å²) in [6.45, 7) is 4.01. The van der Waals surface area contributed by atoms with Crippen LogP contribution in [-0.4, -0.2) is 13.0 Å². The van der Waals surface area contributed by atoms with Crippen molar-refractivity contribution < 1.29 is 13.0 Å². The van der Waals surface area contributed by atoms with Crippen molar-refractivity contribution in [1.82, 2.24) is 6.15 Å². The molecule has 98 valence electrons. The van der Waals surface area contributed by atoms with Crippen LogP contribution in [0.1, 0.15) is 37.8 Å². The standard InChI is InChI=1S/C12H18O3S.H3N/c1-3-6-10-8-5-9-12(16(13,14)15)11(10)7-4-2;/h5,8-9H,3-4,6-7H2,1-2H3,(H,13,14,15);1H3. The molecule has 0 amide bonds. The van der Waals surface area contributed by atoms with Gasteiger partial charge in [-0.3, -0.25) is 0 Å². The Morgan fingerprint density at radius 1 is 1.12 bits per heavy atom. The normalized spacial score (nSPS) is 11.0. The van der Waals surface area contributed by atoms with Crippen LogP contribution in [0.2, 0.25) is 0 Å². The first-order valence-corrected chi connectivity index (χ1v) is 6.98. The summed E-state index contributed by atoms with van der Waals surface area (Å²) in [5.74, 6) is 0. The maximum absolute atomic E-state index is 11.1. The van der Waals surface area contributed by atoms with Gasteiger partial charge in [0.05, 0.1) is 4.90 Å². The SMILES string of the molecule is CCCc1cccc(S(=O)(=O)[O-])c1CCC.[NH4+]. The van der Waals surface area contributed by atoms with Crippen LogP contribution in [0, 0.1) is 0 Å². The summed E-state index contributed by atoms with van der Waals surface area (Å²) in [6, 6.07) is 4.96. The second kappa shape index (κ2) is 6.74. The molecule has 0 radical (unpaired) electrons. The fraction of sp³-hybridized carbons (Fsp3) is 0.500. The molecular weight excluding hydrogens is 238 g/mol. The van der Waals surface area contributed by atoms with E-state index >= 15 is 0 Å². The second-order valence-electron chi connectivity index (χ2n) is 3.85. The molecule has 0 heterocycles. The molecule has 1 rings (SSSR count).